The number of nitrogens with zero attached hydrogens (tertiary/aromatic N) is 6. The van der Waals surface area contributed by atoms with Crippen molar-refractivity contribution in [2.24, 2.45) is 0 Å². The highest BCUT2D eigenvalue weighted by atomic mass is 28.3. The van der Waals surface area contributed by atoms with Gasteiger partial charge in [0.15, 0.2) is 19.7 Å². The lowest BCUT2D eigenvalue weighted by molar-refractivity contribution is 0.950. The van der Waals surface area contributed by atoms with Crippen molar-refractivity contribution in [3.8, 4) is 40.1 Å². The van der Waals surface area contributed by atoms with E-state index in [9.17, 15) is 2.74 Å². The molecule has 356 valence electrons. The molecule has 7 heteroatoms. The van der Waals surface area contributed by atoms with E-state index in [1.165, 1.54) is 15.6 Å². The van der Waals surface area contributed by atoms with Crippen LogP contribution in [0.2, 0.25) is 0 Å². The third-order valence-electron chi connectivity index (χ3n) is 15.1. The van der Waals surface area contributed by atoms with Gasteiger partial charge in [0, 0.05) is 43.4 Å². The fourth-order valence-corrected chi connectivity index (χ4v) is 16.8. The van der Waals surface area contributed by atoms with Crippen LogP contribution in [0.15, 0.2) is 279 Å². The summed E-state index contributed by atoms with van der Waals surface area (Å²) in [6.07, 6.45) is 0. The van der Waals surface area contributed by atoms with E-state index in [0.717, 1.165) is 82.0 Å². The minimum absolute atomic E-state index is 0.0518. The van der Waals surface area contributed by atoms with Gasteiger partial charge in [-0.15, -0.1) is 0 Å². The third kappa shape index (κ3) is 6.62. The molecule has 0 spiro atoms. The molecule has 0 unspecified atom stereocenters. The first-order valence-electron chi connectivity index (χ1n) is 28.0. The van der Waals surface area contributed by atoms with Crippen LogP contribution in [0.4, 0.5) is 0 Å². The maximum atomic E-state index is 9.34. The second-order valence-electron chi connectivity index (χ2n) is 19.1. The molecular weight excluding hydrogens is 941 g/mol. The van der Waals surface area contributed by atoms with Crippen LogP contribution < -0.4 is 20.7 Å². The second-order valence-corrected chi connectivity index (χ2v) is 22.9. The van der Waals surface area contributed by atoms with Crippen LogP contribution >= 0.6 is 0 Å². The van der Waals surface area contributed by atoms with E-state index in [2.05, 4.69) is 220 Å². The molecule has 0 amide bonds. The van der Waals surface area contributed by atoms with Gasteiger partial charge >= 0.3 is 0 Å². The highest BCUT2D eigenvalue weighted by Crippen LogP contribution is 2.43. The molecule has 0 radical (unpaired) electrons. The first-order valence-corrected chi connectivity index (χ1v) is 27.5. The van der Waals surface area contributed by atoms with Gasteiger partial charge < -0.3 is 9.13 Å². The molecule has 4 heterocycles. The van der Waals surface area contributed by atoms with Crippen LogP contribution in [0.25, 0.3) is 106 Å². The van der Waals surface area contributed by atoms with Crippen molar-refractivity contribution >= 4 is 94.2 Å². The Bertz CT molecular complexity index is 4840. The van der Waals surface area contributed by atoms with Crippen molar-refractivity contribution in [3.05, 3.63) is 279 Å². The minimum atomic E-state index is -3.07. The van der Waals surface area contributed by atoms with Crippen LogP contribution in [-0.2, 0) is 0 Å². The van der Waals surface area contributed by atoms with E-state index in [4.69, 9.17) is 19.1 Å². The molecule has 0 saturated heterocycles. The number of para-hydroxylation sites is 6. The summed E-state index contributed by atoms with van der Waals surface area (Å²) < 4.78 is 51.8. The van der Waals surface area contributed by atoms with E-state index in [0.29, 0.717) is 5.56 Å². The predicted molar refractivity (Wildman–Crippen MR) is 317 cm³/mol. The first-order chi connectivity index (χ1) is 39.8. The molecule has 0 bridgehead atoms. The maximum Gasteiger partial charge on any atom is 0.238 e. The Morgan fingerprint density at radius 2 is 0.684 bits per heavy atom. The Morgan fingerprint density at radius 1 is 0.303 bits per heavy atom. The lowest BCUT2D eigenvalue weighted by Crippen LogP contribution is -2.74. The Morgan fingerprint density at radius 3 is 1.21 bits per heavy atom. The monoisotopic (exact) mass is 991 g/mol. The fraction of sp³-hybridized carbons (Fsp3) is 0. The number of fused-ring (bicyclic) bond motifs is 9. The molecule has 0 saturated carbocycles. The van der Waals surface area contributed by atoms with Gasteiger partial charge in [-0.25, -0.2) is 4.98 Å². The predicted octanol–water partition coefficient (Wildman–Crippen LogP) is 13.9. The Hall–Kier alpha value is -9.95. The minimum Gasteiger partial charge on any atom is -0.307 e. The van der Waals surface area contributed by atoms with Crippen molar-refractivity contribution < 1.29 is 6.85 Å². The number of hydrogen-bond donors (Lipinski definition) is 0. The fourth-order valence-electron chi connectivity index (χ4n) is 12.0. The van der Waals surface area contributed by atoms with Crippen LogP contribution in [0, 0.1) is 0 Å². The molecule has 0 aliphatic heterocycles. The van der Waals surface area contributed by atoms with E-state index in [-0.39, 0.29) is 23.2 Å². The van der Waals surface area contributed by atoms with Gasteiger partial charge in [-0.05, 0) is 57.1 Å². The van der Waals surface area contributed by atoms with E-state index in [1.807, 2.05) is 42.5 Å². The Kier molecular flexibility index (Phi) is 8.96. The van der Waals surface area contributed by atoms with Gasteiger partial charge in [0.05, 0.1) is 51.3 Å². The highest BCUT2D eigenvalue weighted by Gasteiger charge is 2.41. The van der Waals surface area contributed by atoms with Crippen molar-refractivity contribution in [1.29, 1.82) is 0 Å². The summed E-state index contributed by atoms with van der Waals surface area (Å²) in [6, 6.07) is 85.0. The quantitative estimate of drug-likeness (QED) is 0.107. The summed E-state index contributed by atoms with van der Waals surface area (Å²) in [5.74, 6) is 0.436. The molecule has 0 aliphatic rings. The Labute approximate surface area is 446 Å². The van der Waals surface area contributed by atoms with Crippen LogP contribution in [0.3, 0.4) is 0 Å². The number of aromatic nitrogens is 6. The molecule has 0 aliphatic carbocycles. The largest absolute Gasteiger partial charge is 0.307 e. The topological polar surface area (TPSA) is 53.5 Å². The maximum absolute atomic E-state index is 9.34. The van der Waals surface area contributed by atoms with Crippen LogP contribution in [0.5, 0.6) is 0 Å². The highest BCUT2D eigenvalue weighted by molar-refractivity contribution is 7.19. The van der Waals surface area contributed by atoms with Crippen LogP contribution in [0.1, 0.15) is 6.85 Å². The van der Waals surface area contributed by atoms with Gasteiger partial charge in [0.1, 0.15) is 0 Å². The summed E-state index contributed by atoms with van der Waals surface area (Å²) in [7, 11) is -3.07. The summed E-state index contributed by atoms with van der Waals surface area (Å²) in [6.45, 7) is 0. The summed E-state index contributed by atoms with van der Waals surface area (Å²) in [5.41, 5.74) is 8.22. The standard InChI is InChI=1S/C69H46N6Si/c1-5-24-47(25-6-1)67-70-68(48-26-21-33-52(46-48)76(49-27-7-2-8-28-49,50-29-9-3-10-30-50)51-31-11-4-12-32-51)72-69(71-67)75-62-43-20-16-37-56(62)58-39-23-45-64(66(58)75)74-61-42-19-15-36-55(61)57-38-22-44-63(65(57)74)73-59-40-17-13-34-53(59)54-35-14-18-41-60(54)73/h1-46H/i1D,5D,6D,24D,25D. The summed E-state index contributed by atoms with van der Waals surface area (Å²) in [5, 5.41) is 11.1. The van der Waals surface area contributed by atoms with E-state index >= 15 is 0 Å². The van der Waals surface area contributed by atoms with E-state index in [1.54, 1.807) is 0 Å². The lowest BCUT2D eigenvalue weighted by Gasteiger charge is -2.34. The molecule has 15 rings (SSSR count). The summed E-state index contributed by atoms with van der Waals surface area (Å²) in [4.78, 5) is 15.9. The molecule has 4 aromatic heterocycles. The van der Waals surface area contributed by atoms with Crippen molar-refractivity contribution in [1.82, 2.24) is 28.7 Å². The zero-order chi connectivity index (χ0) is 54.5. The van der Waals surface area contributed by atoms with Crippen LogP contribution in [-0.4, -0.2) is 36.7 Å². The van der Waals surface area contributed by atoms with Gasteiger partial charge in [0.2, 0.25) is 5.95 Å². The molecule has 0 N–H and O–H groups in total. The van der Waals surface area contributed by atoms with E-state index < -0.39 is 38.3 Å². The molecule has 11 aromatic carbocycles. The first kappa shape index (κ1) is 38.6. The molecular formula is C69H46N6Si. The zero-order valence-corrected chi connectivity index (χ0v) is 41.9. The van der Waals surface area contributed by atoms with Crippen molar-refractivity contribution in [3.63, 3.8) is 0 Å². The second kappa shape index (κ2) is 17.6. The third-order valence-corrected chi connectivity index (χ3v) is 19.9. The Balaban J connectivity index is 1.05. The normalized spacial score (nSPS) is 12.9. The smallest absolute Gasteiger partial charge is 0.238 e. The molecule has 15 aromatic rings. The molecule has 76 heavy (non-hydrogen) atoms. The number of hydrogen-bond acceptors (Lipinski definition) is 3. The molecule has 0 fully saturated rings. The number of benzene rings is 11. The average molecular weight is 992 g/mol. The number of rotatable bonds is 9. The molecule has 0 atom stereocenters. The SMILES string of the molecule is [2H]c1c([2H])c([2H])c(-c2nc(-c3cccc([Si](c4ccccc4)(c4ccccc4)c4ccccc4)c3)nc(-n3c4ccccc4c4cccc(-n5c6ccccc6c6cccc(-n7c8ccccc8c8ccccc87)c65)c43)n2)c([2H])c1[2H]. The van der Waals surface area contributed by atoms with Gasteiger partial charge in [-0.1, -0.05) is 243 Å². The van der Waals surface area contributed by atoms with Gasteiger partial charge in [-0.2, -0.15) is 9.97 Å². The summed E-state index contributed by atoms with van der Waals surface area (Å²) >= 11 is 0. The zero-order valence-electron chi connectivity index (χ0n) is 45.9. The van der Waals surface area contributed by atoms with Gasteiger partial charge in [-0.3, -0.25) is 4.57 Å². The van der Waals surface area contributed by atoms with Gasteiger partial charge in [0.25, 0.3) is 0 Å². The molecule has 6 nitrogen and oxygen atoms in total. The van der Waals surface area contributed by atoms with Crippen molar-refractivity contribution in [2.45, 2.75) is 0 Å². The lowest BCUT2D eigenvalue weighted by atomic mass is 10.1. The van der Waals surface area contributed by atoms with Crippen molar-refractivity contribution in [2.75, 3.05) is 0 Å². The average Bonchev–Trinajstić information content (AvgIpc) is 4.40.